The van der Waals surface area contributed by atoms with Crippen LogP contribution >= 0.6 is 22.6 Å². The second-order valence-corrected chi connectivity index (χ2v) is 15.1. The number of methoxy groups -OCH3 is 1. The fraction of sp³-hybridized carbons (Fsp3) is 0.238. The molecule has 6 atom stereocenters. The lowest BCUT2D eigenvalue weighted by Crippen LogP contribution is -2.53. The first-order valence-corrected chi connectivity index (χ1v) is 18.3. The molecule has 2 N–H and O–H groups in total. The molecule has 8 rings (SSSR count). The van der Waals surface area contributed by atoms with Crippen LogP contribution in [0.5, 0.6) is 11.5 Å². The van der Waals surface area contributed by atoms with Gasteiger partial charge in [-0.15, -0.1) is 0 Å². The number of imide groups is 2. The van der Waals surface area contributed by atoms with E-state index in [0.717, 1.165) is 21.7 Å². The SMILES string of the molecule is C=Cc1ccc(N2C(=O)C3CC=C4C(CC5C(=O)N(Nc6ccc(C)cc6)C(=O)C5(c5ccccc5)C4c4cc(I)c(O)c(OC)c4)C3C2=O)cc1. The van der Waals surface area contributed by atoms with Crippen LogP contribution in [0.25, 0.3) is 6.08 Å². The zero-order chi connectivity index (χ0) is 36.5. The van der Waals surface area contributed by atoms with Crippen LogP contribution in [0.2, 0.25) is 0 Å². The van der Waals surface area contributed by atoms with Gasteiger partial charge in [0.15, 0.2) is 11.5 Å². The summed E-state index contributed by atoms with van der Waals surface area (Å²) in [5, 5.41) is 12.1. The Labute approximate surface area is 315 Å². The van der Waals surface area contributed by atoms with E-state index in [1.54, 1.807) is 24.3 Å². The van der Waals surface area contributed by atoms with Crippen LogP contribution in [0.4, 0.5) is 11.4 Å². The van der Waals surface area contributed by atoms with Crippen molar-refractivity contribution in [1.82, 2.24) is 5.01 Å². The average Bonchev–Trinajstić information content (AvgIpc) is 3.54. The maximum atomic E-state index is 15.3. The highest BCUT2D eigenvalue weighted by Crippen LogP contribution is 2.64. The van der Waals surface area contributed by atoms with Gasteiger partial charge < -0.3 is 9.84 Å². The minimum absolute atomic E-state index is 0.0339. The fourth-order valence-corrected chi connectivity index (χ4v) is 9.68. The molecule has 4 aromatic rings. The monoisotopic (exact) mass is 805 g/mol. The van der Waals surface area contributed by atoms with Crippen molar-refractivity contribution < 1.29 is 29.0 Å². The Morgan fingerprint density at radius 1 is 0.923 bits per heavy atom. The standard InChI is InChI=1S/C42H36IN3O6/c1-4-24-12-16-28(17-13-24)45-38(48)30-19-18-29-31(35(30)40(45)50)22-32-39(49)46(44-27-14-10-23(2)11-15-27)41(51)42(32,26-8-6-5-7-9-26)36(29)25-20-33(43)37(47)34(21-25)52-3/h4-18,20-21,30-32,35-36,44,47H,1,19,22H2,2-3H3. The molecule has 10 heteroatoms. The number of allylic oxidation sites excluding steroid dienone is 2. The minimum Gasteiger partial charge on any atom is -0.504 e. The Morgan fingerprint density at radius 2 is 1.63 bits per heavy atom. The number of ether oxygens (including phenoxy) is 1. The molecule has 0 radical (unpaired) electrons. The lowest BCUT2D eigenvalue weighted by molar-refractivity contribution is -0.138. The lowest BCUT2D eigenvalue weighted by Gasteiger charge is -2.50. The molecule has 0 aromatic heterocycles. The molecule has 52 heavy (non-hydrogen) atoms. The predicted molar refractivity (Wildman–Crippen MR) is 205 cm³/mol. The third-order valence-electron chi connectivity index (χ3n) is 11.4. The number of rotatable bonds is 7. The second kappa shape index (κ2) is 12.8. The van der Waals surface area contributed by atoms with Crippen molar-refractivity contribution in [3.05, 3.63) is 135 Å². The molecule has 4 aromatic carbocycles. The number of aryl methyl sites for hydroxylation is 1. The van der Waals surface area contributed by atoms with Crippen LogP contribution in [0, 0.1) is 34.2 Å². The molecule has 0 spiro atoms. The normalized spacial score (nSPS) is 26.4. The zero-order valence-electron chi connectivity index (χ0n) is 28.6. The maximum absolute atomic E-state index is 15.3. The zero-order valence-corrected chi connectivity index (χ0v) is 30.7. The van der Waals surface area contributed by atoms with Gasteiger partial charge in [0.1, 0.15) is 0 Å². The van der Waals surface area contributed by atoms with E-state index < -0.39 is 46.8 Å². The van der Waals surface area contributed by atoms with Gasteiger partial charge in [-0.1, -0.05) is 84.5 Å². The Hall–Kier alpha value is -5.23. The van der Waals surface area contributed by atoms with E-state index in [2.05, 4.69) is 12.0 Å². The summed E-state index contributed by atoms with van der Waals surface area (Å²) in [6.45, 7) is 5.77. The summed E-state index contributed by atoms with van der Waals surface area (Å²) in [7, 11) is 1.47. The summed E-state index contributed by atoms with van der Waals surface area (Å²) >= 11 is 2.04. The van der Waals surface area contributed by atoms with E-state index in [-0.39, 0.29) is 29.7 Å². The molecule has 1 saturated carbocycles. The van der Waals surface area contributed by atoms with Crippen LogP contribution in [0.3, 0.4) is 0 Å². The first-order valence-electron chi connectivity index (χ1n) is 17.2. The van der Waals surface area contributed by atoms with E-state index >= 15 is 4.79 Å². The number of amides is 4. The van der Waals surface area contributed by atoms with Crippen LogP contribution in [0.1, 0.15) is 41.0 Å². The van der Waals surface area contributed by atoms with Gasteiger partial charge in [0, 0.05) is 5.92 Å². The molecule has 2 aliphatic heterocycles. The summed E-state index contributed by atoms with van der Waals surface area (Å²) in [6, 6.07) is 27.5. The van der Waals surface area contributed by atoms with E-state index in [1.807, 2.05) is 108 Å². The smallest absolute Gasteiger partial charge is 0.260 e. The number of hydrogen-bond acceptors (Lipinski definition) is 7. The van der Waals surface area contributed by atoms with Gasteiger partial charge in [0.2, 0.25) is 11.8 Å². The van der Waals surface area contributed by atoms with E-state index in [4.69, 9.17) is 4.74 Å². The number of benzene rings is 4. The number of anilines is 2. The van der Waals surface area contributed by atoms with Crippen LogP contribution in [-0.4, -0.2) is 40.9 Å². The number of phenolic OH excluding ortho intramolecular Hbond substituents is 1. The van der Waals surface area contributed by atoms with Gasteiger partial charge in [0.05, 0.1) is 45.2 Å². The number of nitrogens with one attached hydrogen (secondary N) is 1. The topological polar surface area (TPSA) is 116 Å². The molecule has 2 saturated heterocycles. The number of nitrogens with zero attached hydrogens (tertiary/aromatic N) is 2. The van der Waals surface area contributed by atoms with Gasteiger partial charge in [-0.25, -0.2) is 0 Å². The number of aromatic hydroxyl groups is 1. The van der Waals surface area contributed by atoms with Crippen molar-refractivity contribution in [3.8, 4) is 11.5 Å². The number of fused-ring (bicyclic) bond motifs is 4. The quantitative estimate of drug-likeness (QED) is 0.116. The number of carbonyl (C=O) groups excluding carboxylic acids is 4. The second-order valence-electron chi connectivity index (χ2n) is 14.0. The molecule has 2 aliphatic carbocycles. The van der Waals surface area contributed by atoms with Gasteiger partial charge in [-0.2, -0.15) is 5.01 Å². The highest BCUT2D eigenvalue weighted by atomic mass is 127. The Morgan fingerprint density at radius 3 is 2.31 bits per heavy atom. The number of halogens is 1. The highest BCUT2D eigenvalue weighted by Gasteiger charge is 2.70. The molecule has 4 amide bonds. The third-order valence-corrected chi connectivity index (χ3v) is 12.2. The molecule has 6 unspecified atom stereocenters. The summed E-state index contributed by atoms with van der Waals surface area (Å²) in [5.41, 5.74) is 6.81. The lowest BCUT2D eigenvalue weighted by atomic mass is 9.49. The fourth-order valence-electron chi connectivity index (χ4n) is 9.05. The van der Waals surface area contributed by atoms with Gasteiger partial charge >= 0.3 is 0 Å². The van der Waals surface area contributed by atoms with Gasteiger partial charge in [-0.05, 0) is 101 Å². The van der Waals surface area contributed by atoms with Crippen LogP contribution < -0.4 is 15.1 Å². The summed E-state index contributed by atoms with van der Waals surface area (Å²) < 4.78 is 6.13. The molecule has 0 bridgehead atoms. The number of carbonyl (C=O) groups is 4. The van der Waals surface area contributed by atoms with Crippen molar-refractivity contribution in [1.29, 1.82) is 0 Å². The van der Waals surface area contributed by atoms with E-state index in [1.165, 1.54) is 12.0 Å². The minimum atomic E-state index is -1.43. The largest absolute Gasteiger partial charge is 0.504 e. The third kappa shape index (κ3) is 4.94. The van der Waals surface area contributed by atoms with Crippen molar-refractivity contribution in [2.45, 2.75) is 31.1 Å². The van der Waals surface area contributed by atoms with E-state index in [9.17, 15) is 19.5 Å². The van der Waals surface area contributed by atoms with Gasteiger partial charge in [0.25, 0.3) is 11.8 Å². The summed E-state index contributed by atoms with van der Waals surface area (Å²) in [4.78, 5) is 60.1. The van der Waals surface area contributed by atoms with Crippen molar-refractivity contribution in [2.75, 3.05) is 17.4 Å². The first kappa shape index (κ1) is 33.9. The molecular weight excluding hydrogens is 769 g/mol. The van der Waals surface area contributed by atoms with E-state index in [0.29, 0.717) is 32.5 Å². The number of hydrogen-bond donors (Lipinski definition) is 2. The number of hydrazine groups is 1. The predicted octanol–water partition coefficient (Wildman–Crippen LogP) is 7.15. The molecule has 2 heterocycles. The summed E-state index contributed by atoms with van der Waals surface area (Å²) in [6.07, 6.45) is 4.20. The van der Waals surface area contributed by atoms with Crippen molar-refractivity contribution in [2.24, 2.45) is 23.7 Å². The molecule has 9 nitrogen and oxygen atoms in total. The van der Waals surface area contributed by atoms with Crippen LogP contribution in [-0.2, 0) is 24.6 Å². The Kier molecular flexibility index (Phi) is 8.32. The molecular formula is C42H36IN3O6. The van der Waals surface area contributed by atoms with Crippen molar-refractivity contribution >= 4 is 63.7 Å². The highest BCUT2D eigenvalue weighted by molar-refractivity contribution is 14.1. The Balaban J connectivity index is 1.33. The molecule has 262 valence electrons. The molecule has 3 fully saturated rings. The summed E-state index contributed by atoms with van der Waals surface area (Å²) in [5.74, 6) is -4.73. The molecule has 4 aliphatic rings. The maximum Gasteiger partial charge on any atom is 0.260 e. The number of phenols is 1. The van der Waals surface area contributed by atoms with Gasteiger partial charge in [-0.3, -0.25) is 29.5 Å². The Bertz CT molecular complexity index is 2180. The first-order chi connectivity index (χ1) is 25.1. The van der Waals surface area contributed by atoms with Crippen LogP contribution in [0.15, 0.2) is 109 Å². The average molecular weight is 806 g/mol. The van der Waals surface area contributed by atoms with Crippen molar-refractivity contribution in [3.63, 3.8) is 0 Å².